The number of hydrogen-bond acceptors (Lipinski definition) is 3. The highest BCUT2D eigenvalue weighted by molar-refractivity contribution is 9.10. The number of ether oxygens (including phenoxy) is 1. The Morgan fingerprint density at radius 2 is 2.00 bits per heavy atom. The van der Waals surface area contributed by atoms with Crippen LogP contribution in [0.4, 0.5) is 5.69 Å². The van der Waals surface area contributed by atoms with E-state index in [2.05, 4.69) is 21.2 Å². The minimum Gasteiger partial charge on any atom is -0.493 e. The summed E-state index contributed by atoms with van der Waals surface area (Å²) in [5, 5.41) is 2.91. The van der Waals surface area contributed by atoms with Crippen molar-refractivity contribution in [3.05, 3.63) is 58.1 Å². The van der Waals surface area contributed by atoms with E-state index in [4.69, 9.17) is 10.5 Å². The summed E-state index contributed by atoms with van der Waals surface area (Å²) >= 11 is 3.38. The van der Waals surface area contributed by atoms with E-state index in [9.17, 15) is 4.79 Å². The summed E-state index contributed by atoms with van der Waals surface area (Å²) in [7, 11) is 0. The molecule has 0 aliphatic carbocycles. The van der Waals surface area contributed by atoms with Crippen molar-refractivity contribution in [2.45, 2.75) is 25.3 Å². The van der Waals surface area contributed by atoms with Crippen molar-refractivity contribution in [2.75, 3.05) is 11.9 Å². The molecule has 1 amide bonds. The van der Waals surface area contributed by atoms with Crippen molar-refractivity contribution >= 4 is 27.5 Å². The minimum atomic E-state index is -1.10. The number of aryl methyl sites for hydroxylation is 1. The van der Waals surface area contributed by atoms with Gasteiger partial charge in [0.1, 0.15) is 11.3 Å². The number of amides is 1. The van der Waals surface area contributed by atoms with Gasteiger partial charge in [-0.05, 0) is 61.2 Å². The summed E-state index contributed by atoms with van der Waals surface area (Å²) in [4.78, 5) is 12.6. The zero-order valence-corrected chi connectivity index (χ0v) is 14.5. The Labute approximate surface area is 144 Å². The molecule has 0 fully saturated rings. The van der Waals surface area contributed by atoms with Gasteiger partial charge in [-0.3, -0.25) is 4.79 Å². The van der Waals surface area contributed by atoms with Gasteiger partial charge in [-0.15, -0.1) is 0 Å². The first kappa shape index (κ1) is 16.0. The molecule has 0 saturated heterocycles. The van der Waals surface area contributed by atoms with Crippen LogP contribution in [0, 0.1) is 0 Å². The lowest BCUT2D eigenvalue weighted by molar-refractivity contribution is -0.120. The average Bonchev–Trinajstić information content (AvgIpc) is 2.55. The van der Waals surface area contributed by atoms with Gasteiger partial charge in [-0.25, -0.2) is 0 Å². The van der Waals surface area contributed by atoms with E-state index < -0.39 is 5.54 Å². The molecule has 2 aromatic rings. The molecule has 1 aliphatic heterocycles. The Morgan fingerprint density at radius 1 is 1.26 bits per heavy atom. The summed E-state index contributed by atoms with van der Waals surface area (Å²) in [5.74, 6) is 0.661. The van der Waals surface area contributed by atoms with Gasteiger partial charge in [0, 0.05) is 10.2 Å². The Bertz CT molecular complexity index is 726. The molecule has 2 aromatic carbocycles. The van der Waals surface area contributed by atoms with Crippen LogP contribution in [-0.2, 0) is 16.8 Å². The van der Waals surface area contributed by atoms with E-state index in [0.717, 1.165) is 46.5 Å². The lowest BCUT2D eigenvalue weighted by Crippen LogP contribution is -2.45. The third-order valence-electron chi connectivity index (χ3n) is 4.08. The van der Waals surface area contributed by atoms with Gasteiger partial charge in [0.25, 0.3) is 0 Å². The number of benzene rings is 2. The molecule has 4 nitrogen and oxygen atoms in total. The van der Waals surface area contributed by atoms with Crippen molar-refractivity contribution in [3.8, 4) is 5.75 Å². The zero-order chi connectivity index (χ0) is 16.4. The molecule has 3 rings (SSSR count). The maximum atomic E-state index is 12.6. The first-order valence-electron chi connectivity index (χ1n) is 7.59. The van der Waals surface area contributed by atoms with Gasteiger partial charge >= 0.3 is 0 Å². The van der Waals surface area contributed by atoms with E-state index >= 15 is 0 Å². The van der Waals surface area contributed by atoms with Crippen LogP contribution in [0.25, 0.3) is 0 Å². The number of nitrogens with one attached hydrogen (secondary N) is 1. The highest BCUT2D eigenvalue weighted by Gasteiger charge is 2.30. The van der Waals surface area contributed by atoms with Crippen LogP contribution in [0.2, 0.25) is 0 Å². The molecular formula is C18H19BrN2O2. The van der Waals surface area contributed by atoms with E-state index in [1.54, 1.807) is 6.92 Å². The number of carbonyl (C=O) groups is 1. The Morgan fingerprint density at radius 3 is 2.74 bits per heavy atom. The fraction of sp³-hybridized carbons (Fsp3) is 0.278. The first-order chi connectivity index (χ1) is 11.0. The Kier molecular flexibility index (Phi) is 4.41. The lowest BCUT2D eigenvalue weighted by atomic mass is 9.92. The molecule has 5 heteroatoms. The van der Waals surface area contributed by atoms with Crippen LogP contribution < -0.4 is 15.8 Å². The normalized spacial score (nSPS) is 16.0. The van der Waals surface area contributed by atoms with Crippen molar-refractivity contribution in [1.29, 1.82) is 0 Å². The largest absolute Gasteiger partial charge is 0.493 e. The van der Waals surface area contributed by atoms with E-state index in [-0.39, 0.29) is 5.91 Å². The fourth-order valence-electron chi connectivity index (χ4n) is 2.63. The lowest BCUT2D eigenvalue weighted by Gasteiger charge is -2.25. The summed E-state index contributed by atoms with van der Waals surface area (Å²) in [6.07, 6.45) is 1.96. The number of rotatable bonds is 3. The van der Waals surface area contributed by atoms with Crippen molar-refractivity contribution in [3.63, 3.8) is 0 Å². The Hall–Kier alpha value is -1.85. The summed E-state index contributed by atoms with van der Waals surface area (Å²) < 4.78 is 6.54. The van der Waals surface area contributed by atoms with Gasteiger partial charge in [0.05, 0.1) is 6.61 Å². The molecule has 0 bridgehead atoms. The van der Waals surface area contributed by atoms with E-state index in [0.29, 0.717) is 0 Å². The number of halogens is 1. The van der Waals surface area contributed by atoms with Gasteiger partial charge in [0.15, 0.2) is 0 Å². The number of anilines is 1. The van der Waals surface area contributed by atoms with E-state index in [1.165, 1.54) is 0 Å². The predicted octanol–water partition coefficient (Wildman–Crippen LogP) is 3.59. The van der Waals surface area contributed by atoms with Crippen LogP contribution in [0.3, 0.4) is 0 Å². The summed E-state index contributed by atoms with van der Waals surface area (Å²) in [6, 6.07) is 13.2. The topological polar surface area (TPSA) is 64.4 Å². The number of fused-ring (bicyclic) bond motifs is 1. The van der Waals surface area contributed by atoms with Crippen molar-refractivity contribution < 1.29 is 9.53 Å². The maximum absolute atomic E-state index is 12.6. The number of nitrogens with two attached hydrogens (primary N) is 1. The van der Waals surface area contributed by atoms with Crippen LogP contribution in [0.15, 0.2) is 46.9 Å². The third-order valence-corrected chi connectivity index (χ3v) is 4.61. The fourth-order valence-corrected chi connectivity index (χ4v) is 2.89. The average molecular weight is 375 g/mol. The minimum absolute atomic E-state index is 0.239. The SMILES string of the molecule is CC(N)(C(=O)Nc1ccc2c(c1)CCCO2)c1ccc(Br)cc1. The second-order valence-electron chi connectivity index (χ2n) is 5.94. The van der Waals surface area contributed by atoms with Crippen LogP contribution in [-0.4, -0.2) is 12.5 Å². The molecule has 1 aliphatic rings. The van der Waals surface area contributed by atoms with Gasteiger partial charge in [0.2, 0.25) is 5.91 Å². The van der Waals surface area contributed by atoms with E-state index in [1.807, 2.05) is 42.5 Å². The van der Waals surface area contributed by atoms with Crippen LogP contribution in [0.5, 0.6) is 5.75 Å². The monoisotopic (exact) mass is 374 g/mol. The first-order valence-corrected chi connectivity index (χ1v) is 8.38. The van der Waals surface area contributed by atoms with Gasteiger partial charge < -0.3 is 15.8 Å². The highest BCUT2D eigenvalue weighted by Crippen LogP contribution is 2.28. The van der Waals surface area contributed by atoms with Crippen LogP contribution in [0.1, 0.15) is 24.5 Å². The molecule has 0 radical (unpaired) electrons. The van der Waals surface area contributed by atoms with Gasteiger partial charge in [-0.1, -0.05) is 28.1 Å². The molecular weight excluding hydrogens is 356 g/mol. The molecule has 23 heavy (non-hydrogen) atoms. The molecule has 1 heterocycles. The number of hydrogen-bond donors (Lipinski definition) is 2. The quantitative estimate of drug-likeness (QED) is 0.862. The zero-order valence-electron chi connectivity index (χ0n) is 12.9. The van der Waals surface area contributed by atoms with Gasteiger partial charge in [-0.2, -0.15) is 0 Å². The molecule has 0 aromatic heterocycles. The highest BCUT2D eigenvalue weighted by atomic mass is 79.9. The summed E-state index contributed by atoms with van der Waals surface area (Å²) in [5.41, 5.74) is 7.79. The van der Waals surface area contributed by atoms with Crippen LogP contribution >= 0.6 is 15.9 Å². The molecule has 1 unspecified atom stereocenters. The number of carbonyl (C=O) groups excluding carboxylic acids is 1. The molecule has 120 valence electrons. The second kappa shape index (κ2) is 6.34. The Balaban J connectivity index is 1.79. The standard InChI is InChI=1S/C18H19BrN2O2/c1-18(20,13-4-6-14(19)7-5-13)17(22)21-15-8-9-16-12(11-15)3-2-10-23-16/h4-9,11H,2-3,10,20H2,1H3,(H,21,22). The summed E-state index contributed by atoms with van der Waals surface area (Å²) in [6.45, 7) is 2.47. The van der Waals surface area contributed by atoms with Crippen molar-refractivity contribution in [1.82, 2.24) is 0 Å². The third kappa shape index (κ3) is 3.41. The molecule has 0 spiro atoms. The van der Waals surface area contributed by atoms with Crippen molar-refractivity contribution in [2.24, 2.45) is 5.73 Å². The molecule has 0 saturated carbocycles. The molecule has 3 N–H and O–H groups in total. The predicted molar refractivity (Wildman–Crippen MR) is 94.6 cm³/mol. The second-order valence-corrected chi connectivity index (χ2v) is 6.85. The molecule has 1 atom stereocenters. The maximum Gasteiger partial charge on any atom is 0.248 e. The smallest absolute Gasteiger partial charge is 0.248 e.